The van der Waals surface area contributed by atoms with Gasteiger partial charge in [0.15, 0.2) is 17.5 Å². The number of allylic oxidation sites excluding steroid dienone is 1. The summed E-state index contributed by atoms with van der Waals surface area (Å²) >= 11 is 5.32. The molecule has 218 valence electrons. The van der Waals surface area contributed by atoms with Crippen LogP contribution in [0.3, 0.4) is 0 Å². The quantitative estimate of drug-likeness (QED) is 0.106. The van der Waals surface area contributed by atoms with Crippen LogP contribution in [0.2, 0.25) is 0 Å². The summed E-state index contributed by atoms with van der Waals surface area (Å²) in [5.41, 5.74) is 8.26. The number of ether oxygens (including phenoxy) is 2. The van der Waals surface area contributed by atoms with E-state index in [0.29, 0.717) is 33.3 Å². The number of esters is 1. The minimum absolute atomic E-state index is 0.00450. The molecule has 3 aromatic rings. The molecule has 1 amide bonds. The smallest absolute Gasteiger partial charge is 0.338 e. The van der Waals surface area contributed by atoms with Crippen LogP contribution < -0.4 is 20.8 Å². The molecule has 0 saturated heterocycles. The minimum atomic E-state index is -0.624. The van der Waals surface area contributed by atoms with Gasteiger partial charge >= 0.3 is 5.97 Å². The maximum Gasteiger partial charge on any atom is 0.338 e. The maximum absolute atomic E-state index is 12.7. The fraction of sp³-hybridized carbons (Fsp3) is 0.258. The van der Waals surface area contributed by atoms with E-state index in [-0.39, 0.29) is 19.0 Å². The number of nitrogens with one attached hydrogen (secondary N) is 3. The Morgan fingerprint density at radius 3 is 2.60 bits per heavy atom. The number of aryl methyl sites for hydroxylation is 1. The van der Waals surface area contributed by atoms with Gasteiger partial charge < -0.3 is 24.7 Å². The van der Waals surface area contributed by atoms with Gasteiger partial charge in [-0.2, -0.15) is 5.10 Å². The Hall–Kier alpha value is -4.77. The van der Waals surface area contributed by atoms with Crippen molar-refractivity contribution in [2.24, 2.45) is 5.10 Å². The van der Waals surface area contributed by atoms with Crippen molar-refractivity contribution in [2.75, 3.05) is 13.2 Å². The number of ketones is 1. The van der Waals surface area contributed by atoms with E-state index in [4.69, 9.17) is 21.7 Å². The number of Topliss-reactive ketones (excluding diaryl/α,β-unsaturated/α-hetero) is 1. The molecule has 1 atom stereocenters. The summed E-state index contributed by atoms with van der Waals surface area (Å²) in [6, 6.07) is 15.8. The number of hydrogen-bond donors (Lipinski definition) is 3. The topological polar surface area (TPSA) is 123 Å². The van der Waals surface area contributed by atoms with Crippen LogP contribution in [0, 0.1) is 13.8 Å². The van der Waals surface area contributed by atoms with E-state index in [1.165, 1.54) is 6.92 Å². The predicted octanol–water partition coefficient (Wildman–Crippen LogP) is 4.18. The molecule has 11 heteroatoms. The third-order valence-corrected chi connectivity index (χ3v) is 6.95. The van der Waals surface area contributed by atoms with Gasteiger partial charge in [-0.15, -0.1) is 0 Å². The van der Waals surface area contributed by atoms with Crippen molar-refractivity contribution in [3.63, 3.8) is 0 Å². The normalized spacial score (nSPS) is 14.8. The molecule has 2 aromatic carbocycles. The summed E-state index contributed by atoms with van der Waals surface area (Å²) < 4.78 is 13.1. The molecule has 4 rings (SSSR count). The van der Waals surface area contributed by atoms with Crippen LogP contribution in [0.25, 0.3) is 5.69 Å². The first-order valence-electron chi connectivity index (χ1n) is 13.4. The highest BCUT2D eigenvalue weighted by Crippen LogP contribution is 2.33. The number of thiocarbonyl (C=S) groups is 1. The molecule has 0 bridgehead atoms. The van der Waals surface area contributed by atoms with Gasteiger partial charge in [0.2, 0.25) is 0 Å². The molecule has 1 aliphatic rings. The second-order valence-electron chi connectivity index (χ2n) is 9.68. The highest BCUT2D eigenvalue weighted by molar-refractivity contribution is 7.80. The van der Waals surface area contributed by atoms with Crippen molar-refractivity contribution in [1.29, 1.82) is 0 Å². The van der Waals surface area contributed by atoms with Crippen molar-refractivity contribution in [1.82, 2.24) is 20.6 Å². The summed E-state index contributed by atoms with van der Waals surface area (Å²) in [6.45, 7) is 8.85. The predicted molar refractivity (Wildman–Crippen MR) is 164 cm³/mol. The molecule has 0 aliphatic carbocycles. The number of aromatic nitrogens is 1. The number of para-hydroxylation sites is 1. The third-order valence-electron chi connectivity index (χ3n) is 6.73. The molecule has 1 aromatic heterocycles. The Labute approximate surface area is 249 Å². The van der Waals surface area contributed by atoms with Gasteiger partial charge in [-0.05, 0) is 71.1 Å². The van der Waals surface area contributed by atoms with Crippen molar-refractivity contribution < 1.29 is 23.9 Å². The lowest BCUT2D eigenvalue weighted by Gasteiger charge is -2.30. The highest BCUT2D eigenvalue weighted by Gasteiger charge is 2.32. The number of hydrogen-bond acceptors (Lipinski definition) is 7. The zero-order valence-corrected chi connectivity index (χ0v) is 24.9. The zero-order chi connectivity index (χ0) is 30.4. The third kappa shape index (κ3) is 6.74. The standard InChI is InChI=1S/C31H33N5O5S/c1-6-40-30(39)28-19(3)33-31(42)34-29(28)25-12-7-8-13-26(25)41-17-27(38)35-32-16-23-14-18(2)36(20(23)4)24-11-9-10-22(15-24)21(5)37/h7-16,29H,6,17H2,1-5H3,(H,35,38)(H2,33,34,42)/t29-/m1/s1. The van der Waals surface area contributed by atoms with E-state index >= 15 is 0 Å². The number of nitrogens with zero attached hydrogens (tertiary/aromatic N) is 2. The molecule has 3 N–H and O–H groups in total. The van der Waals surface area contributed by atoms with Gasteiger partial charge in [-0.25, -0.2) is 10.2 Å². The lowest BCUT2D eigenvalue weighted by molar-refractivity contribution is -0.139. The number of carbonyl (C=O) groups is 3. The molecule has 2 heterocycles. The zero-order valence-electron chi connectivity index (χ0n) is 24.1. The fourth-order valence-corrected chi connectivity index (χ4v) is 5.06. The van der Waals surface area contributed by atoms with Gasteiger partial charge in [-0.3, -0.25) is 9.59 Å². The van der Waals surface area contributed by atoms with Gasteiger partial charge in [0.1, 0.15) is 5.75 Å². The number of rotatable bonds is 10. The molecule has 42 heavy (non-hydrogen) atoms. The van der Waals surface area contributed by atoms with Gasteiger partial charge in [-0.1, -0.05) is 30.3 Å². The average Bonchev–Trinajstić information content (AvgIpc) is 3.24. The van der Waals surface area contributed by atoms with Crippen LogP contribution in [-0.2, 0) is 14.3 Å². The molecule has 0 radical (unpaired) electrons. The van der Waals surface area contributed by atoms with E-state index in [0.717, 1.165) is 22.6 Å². The van der Waals surface area contributed by atoms with Crippen LogP contribution in [0.15, 0.2) is 71.0 Å². The van der Waals surface area contributed by atoms with E-state index in [2.05, 4.69) is 21.2 Å². The molecule has 0 unspecified atom stereocenters. The number of amides is 1. The summed E-state index contributed by atoms with van der Waals surface area (Å²) in [7, 11) is 0. The first-order valence-corrected chi connectivity index (χ1v) is 13.8. The summed E-state index contributed by atoms with van der Waals surface area (Å²) in [5, 5.41) is 10.5. The molecule has 10 nitrogen and oxygen atoms in total. The average molecular weight is 588 g/mol. The SMILES string of the molecule is CCOC(=O)C1=C(C)NC(=S)N[C@@H]1c1ccccc1OCC(=O)NN=Cc1cc(C)n(-c2cccc(C(C)=O)c2)c1C. The van der Waals surface area contributed by atoms with E-state index in [1.807, 2.05) is 48.7 Å². The first-order chi connectivity index (χ1) is 20.1. The van der Waals surface area contributed by atoms with Crippen LogP contribution >= 0.6 is 12.2 Å². The Bertz CT molecular complexity index is 1610. The Balaban J connectivity index is 1.45. The minimum Gasteiger partial charge on any atom is -0.483 e. The monoisotopic (exact) mass is 587 g/mol. The lowest BCUT2D eigenvalue weighted by atomic mass is 9.95. The molecular weight excluding hydrogens is 554 g/mol. The molecule has 1 aliphatic heterocycles. The largest absolute Gasteiger partial charge is 0.483 e. The van der Waals surface area contributed by atoms with Crippen LogP contribution in [0.5, 0.6) is 5.75 Å². The van der Waals surface area contributed by atoms with Crippen molar-refractivity contribution >= 4 is 41.2 Å². The maximum atomic E-state index is 12.7. The van der Waals surface area contributed by atoms with Crippen molar-refractivity contribution in [3.05, 3.63) is 93.9 Å². The van der Waals surface area contributed by atoms with E-state index < -0.39 is 17.9 Å². The molecular formula is C31H33N5O5S. The fourth-order valence-electron chi connectivity index (χ4n) is 4.79. The lowest BCUT2D eigenvalue weighted by Crippen LogP contribution is -2.45. The number of carbonyl (C=O) groups excluding carboxylic acids is 3. The van der Waals surface area contributed by atoms with Crippen molar-refractivity contribution in [2.45, 2.75) is 40.7 Å². The Morgan fingerprint density at radius 2 is 1.86 bits per heavy atom. The number of hydrazone groups is 1. The molecule has 0 fully saturated rings. The van der Waals surface area contributed by atoms with Gasteiger partial charge in [0, 0.05) is 39.5 Å². The van der Waals surface area contributed by atoms with Gasteiger partial charge in [0.25, 0.3) is 5.91 Å². The molecule has 0 saturated carbocycles. The van der Waals surface area contributed by atoms with E-state index in [9.17, 15) is 14.4 Å². The van der Waals surface area contributed by atoms with Gasteiger partial charge in [0.05, 0.1) is 24.4 Å². The van der Waals surface area contributed by atoms with Crippen LogP contribution in [0.4, 0.5) is 0 Å². The molecule has 0 spiro atoms. The second kappa shape index (κ2) is 13.3. The second-order valence-corrected chi connectivity index (χ2v) is 10.1. The van der Waals surface area contributed by atoms with Crippen LogP contribution in [0.1, 0.15) is 59.7 Å². The van der Waals surface area contributed by atoms with E-state index in [1.54, 1.807) is 44.3 Å². The Morgan fingerprint density at radius 1 is 1.10 bits per heavy atom. The number of benzene rings is 2. The van der Waals surface area contributed by atoms with Crippen molar-refractivity contribution in [3.8, 4) is 11.4 Å². The first kappa shape index (κ1) is 30.2. The highest BCUT2D eigenvalue weighted by atomic mass is 32.1. The summed E-state index contributed by atoms with van der Waals surface area (Å²) in [4.78, 5) is 37.2. The van der Waals surface area contributed by atoms with Crippen LogP contribution in [-0.4, -0.2) is 46.8 Å². The summed E-state index contributed by atoms with van der Waals surface area (Å²) in [5.74, 6) is -0.537. The Kier molecular flexibility index (Phi) is 9.53. The summed E-state index contributed by atoms with van der Waals surface area (Å²) in [6.07, 6.45) is 1.57.